The van der Waals surface area contributed by atoms with Gasteiger partial charge in [0.1, 0.15) is 0 Å². The second-order valence-electron chi connectivity index (χ2n) is 5.34. The van der Waals surface area contributed by atoms with Gasteiger partial charge in [-0.1, -0.05) is 6.08 Å². The van der Waals surface area contributed by atoms with E-state index in [1.54, 1.807) is 16.4 Å². The van der Waals surface area contributed by atoms with E-state index >= 15 is 0 Å². The predicted molar refractivity (Wildman–Crippen MR) is 87.7 cm³/mol. The van der Waals surface area contributed by atoms with Crippen LogP contribution in [0.4, 0.5) is 5.13 Å². The van der Waals surface area contributed by atoms with Gasteiger partial charge in [0, 0.05) is 25.0 Å². The Morgan fingerprint density at radius 2 is 2.22 bits per heavy atom. The zero-order chi connectivity index (χ0) is 16.8. The quantitative estimate of drug-likeness (QED) is 0.625. The summed E-state index contributed by atoms with van der Waals surface area (Å²) in [4.78, 5) is 29.8. The third-order valence-electron chi connectivity index (χ3n) is 3.21. The van der Waals surface area contributed by atoms with Gasteiger partial charge >= 0.3 is 5.97 Å². The van der Waals surface area contributed by atoms with Crippen LogP contribution >= 0.6 is 11.3 Å². The van der Waals surface area contributed by atoms with Gasteiger partial charge in [-0.15, -0.1) is 17.9 Å². The van der Waals surface area contributed by atoms with Crippen molar-refractivity contribution >= 4 is 28.3 Å². The van der Waals surface area contributed by atoms with Gasteiger partial charge < -0.3 is 19.7 Å². The van der Waals surface area contributed by atoms with E-state index in [9.17, 15) is 9.59 Å². The topological polar surface area (TPSA) is 80.8 Å². The number of amides is 1. The number of aromatic nitrogens is 1. The molecule has 1 aromatic rings. The first-order chi connectivity index (χ1) is 11.0. The maximum atomic E-state index is 12.1. The molecule has 2 heterocycles. The van der Waals surface area contributed by atoms with Crippen LogP contribution in [0, 0.1) is 0 Å². The molecule has 23 heavy (non-hydrogen) atoms. The Kier molecular flexibility index (Phi) is 6.12. The molecule has 1 aliphatic heterocycles. The molecule has 1 saturated heterocycles. The fourth-order valence-corrected chi connectivity index (χ4v) is 2.97. The van der Waals surface area contributed by atoms with Crippen LogP contribution in [0.3, 0.4) is 0 Å². The van der Waals surface area contributed by atoms with Crippen LogP contribution in [0.5, 0.6) is 0 Å². The fraction of sp³-hybridized carbons (Fsp3) is 0.533. The number of nitrogens with zero attached hydrogens (tertiary/aromatic N) is 2. The van der Waals surface area contributed by atoms with Gasteiger partial charge in [-0.2, -0.15) is 0 Å². The van der Waals surface area contributed by atoms with E-state index in [0.29, 0.717) is 24.8 Å². The van der Waals surface area contributed by atoms with Crippen molar-refractivity contribution in [3.8, 4) is 0 Å². The monoisotopic (exact) mass is 339 g/mol. The Labute approximate surface area is 139 Å². The molecule has 2 atom stereocenters. The zero-order valence-electron chi connectivity index (χ0n) is 13.3. The molecule has 1 N–H and O–H groups in total. The zero-order valence-corrected chi connectivity index (χ0v) is 14.1. The summed E-state index contributed by atoms with van der Waals surface area (Å²) in [6.07, 6.45) is 1.66. The van der Waals surface area contributed by atoms with Crippen LogP contribution in [0.2, 0.25) is 0 Å². The summed E-state index contributed by atoms with van der Waals surface area (Å²) in [5.41, 5.74) is 0.193. The molecule has 0 bridgehead atoms. The number of carbonyl (C=O) groups is 2. The van der Waals surface area contributed by atoms with E-state index in [2.05, 4.69) is 16.9 Å². The Bertz CT molecular complexity index is 565. The molecule has 1 fully saturated rings. The molecule has 1 amide bonds. The van der Waals surface area contributed by atoms with Gasteiger partial charge in [-0.3, -0.25) is 4.79 Å². The van der Waals surface area contributed by atoms with Crippen LogP contribution in [0.25, 0.3) is 0 Å². The molecule has 7 nitrogen and oxygen atoms in total. The number of anilines is 1. The number of ether oxygens (including phenoxy) is 2. The fourth-order valence-electron chi connectivity index (χ4n) is 2.28. The summed E-state index contributed by atoms with van der Waals surface area (Å²) < 4.78 is 10.6. The minimum atomic E-state index is -0.601. The lowest BCUT2D eigenvalue weighted by Gasteiger charge is -2.35. The predicted octanol–water partition coefficient (Wildman–Crippen LogP) is 1.53. The average molecular weight is 339 g/mol. The Hall–Kier alpha value is -1.93. The van der Waals surface area contributed by atoms with Crippen LogP contribution in [-0.2, 0) is 14.3 Å². The third-order valence-corrected chi connectivity index (χ3v) is 4.01. The molecule has 0 saturated carbocycles. The lowest BCUT2D eigenvalue weighted by molar-refractivity contribution is -0.146. The first kappa shape index (κ1) is 17.4. The first-order valence-electron chi connectivity index (χ1n) is 7.40. The van der Waals surface area contributed by atoms with E-state index in [1.165, 1.54) is 11.3 Å². The molecule has 0 aliphatic carbocycles. The van der Waals surface area contributed by atoms with E-state index in [4.69, 9.17) is 9.47 Å². The SMILES string of the molecule is C=CCNc1nc(C(=O)OCC(=O)N2C[C@H](C)O[C@@H](C)C2)cs1. The van der Waals surface area contributed by atoms with Gasteiger partial charge in [0.15, 0.2) is 17.4 Å². The number of hydrogen-bond donors (Lipinski definition) is 1. The van der Waals surface area contributed by atoms with Gasteiger partial charge in [0.2, 0.25) is 0 Å². The summed E-state index contributed by atoms with van der Waals surface area (Å²) in [5, 5.41) is 5.19. The minimum absolute atomic E-state index is 0.0181. The summed E-state index contributed by atoms with van der Waals surface area (Å²) in [7, 11) is 0. The molecule has 0 unspecified atom stereocenters. The molecule has 0 aromatic carbocycles. The second-order valence-corrected chi connectivity index (χ2v) is 6.20. The number of thiazole rings is 1. The number of morpholine rings is 1. The van der Waals surface area contributed by atoms with E-state index in [0.717, 1.165) is 0 Å². The maximum Gasteiger partial charge on any atom is 0.358 e. The lowest BCUT2D eigenvalue weighted by Crippen LogP contribution is -2.49. The van der Waals surface area contributed by atoms with Crippen molar-refractivity contribution in [1.82, 2.24) is 9.88 Å². The highest BCUT2D eigenvalue weighted by atomic mass is 32.1. The normalized spacial score (nSPS) is 20.9. The minimum Gasteiger partial charge on any atom is -0.451 e. The third kappa shape index (κ3) is 5.04. The van der Waals surface area contributed by atoms with E-state index < -0.39 is 5.97 Å². The number of rotatable bonds is 6. The highest BCUT2D eigenvalue weighted by Crippen LogP contribution is 2.16. The van der Waals surface area contributed by atoms with E-state index in [1.807, 2.05) is 13.8 Å². The molecule has 1 aromatic heterocycles. The molecule has 0 radical (unpaired) electrons. The Morgan fingerprint density at radius 3 is 2.87 bits per heavy atom. The van der Waals surface area contributed by atoms with Crippen LogP contribution in [-0.4, -0.2) is 60.2 Å². The second kappa shape index (κ2) is 8.07. The highest BCUT2D eigenvalue weighted by Gasteiger charge is 2.26. The van der Waals surface area contributed by atoms with Crippen molar-refractivity contribution in [2.24, 2.45) is 0 Å². The van der Waals surface area contributed by atoms with Crippen molar-refractivity contribution < 1.29 is 19.1 Å². The van der Waals surface area contributed by atoms with Crippen LogP contribution < -0.4 is 5.32 Å². The molecular formula is C15H21N3O4S. The summed E-state index contributed by atoms with van der Waals surface area (Å²) in [6.45, 7) is 8.71. The number of carbonyl (C=O) groups excluding carboxylic acids is 2. The lowest BCUT2D eigenvalue weighted by atomic mass is 10.2. The average Bonchev–Trinajstić information content (AvgIpc) is 2.98. The molecule has 2 rings (SSSR count). The maximum absolute atomic E-state index is 12.1. The smallest absolute Gasteiger partial charge is 0.358 e. The number of hydrogen-bond acceptors (Lipinski definition) is 7. The van der Waals surface area contributed by atoms with Crippen molar-refractivity contribution in [2.75, 3.05) is 31.6 Å². The van der Waals surface area contributed by atoms with Gasteiger partial charge in [-0.05, 0) is 13.8 Å². The Morgan fingerprint density at radius 1 is 1.52 bits per heavy atom. The van der Waals surface area contributed by atoms with Crippen molar-refractivity contribution in [2.45, 2.75) is 26.1 Å². The van der Waals surface area contributed by atoms with Gasteiger partial charge in [-0.25, -0.2) is 9.78 Å². The molecule has 8 heteroatoms. The van der Waals surface area contributed by atoms with Crippen LogP contribution in [0.1, 0.15) is 24.3 Å². The van der Waals surface area contributed by atoms with Crippen molar-refractivity contribution in [1.29, 1.82) is 0 Å². The van der Waals surface area contributed by atoms with Gasteiger partial charge in [0.05, 0.1) is 12.2 Å². The van der Waals surface area contributed by atoms with Crippen molar-refractivity contribution in [3.05, 3.63) is 23.7 Å². The molecule has 126 valence electrons. The summed E-state index contributed by atoms with van der Waals surface area (Å²) in [5.74, 6) is -0.823. The molecular weight excluding hydrogens is 318 g/mol. The summed E-state index contributed by atoms with van der Waals surface area (Å²) >= 11 is 1.30. The standard InChI is InChI=1S/C15H21N3O4S/c1-4-5-16-15-17-12(9-23-15)14(20)21-8-13(19)18-6-10(2)22-11(3)7-18/h4,9-11H,1,5-8H2,2-3H3,(H,16,17)/t10-,11-/m0/s1. The molecule has 0 spiro atoms. The highest BCUT2D eigenvalue weighted by molar-refractivity contribution is 7.13. The van der Waals surface area contributed by atoms with Crippen molar-refractivity contribution in [3.63, 3.8) is 0 Å². The summed E-state index contributed by atoms with van der Waals surface area (Å²) in [6, 6.07) is 0. The largest absolute Gasteiger partial charge is 0.451 e. The number of nitrogens with one attached hydrogen (secondary N) is 1. The van der Waals surface area contributed by atoms with Crippen LogP contribution in [0.15, 0.2) is 18.0 Å². The number of esters is 1. The van der Waals surface area contributed by atoms with Gasteiger partial charge in [0.25, 0.3) is 5.91 Å². The Balaban J connectivity index is 1.82. The van der Waals surface area contributed by atoms with E-state index in [-0.39, 0.29) is 30.4 Å². The molecule has 1 aliphatic rings. The first-order valence-corrected chi connectivity index (χ1v) is 8.28.